The molecule has 0 spiro atoms. The van der Waals surface area contributed by atoms with Crippen LogP contribution in [0.25, 0.3) is 0 Å². The van der Waals surface area contributed by atoms with Gasteiger partial charge in [-0.1, -0.05) is 13.0 Å². The maximum Gasteiger partial charge on any atom is 0.224 e. The zero-order valence-electron chi connectivity index (χ0n) is 11.9. The van der Waals surface area contributed by atoms with Crippen molar-refractivity contribution in [3.8, 4) is 5.75 Å². The minimum Gasteiger partial charge on any atom is -0.489 e. The summed E-state index contributed by atoms with van der Waals surface area (Å²) in [6.07, 6.45) is -0.244. The molecule has 0 heterocycles. The van der Waals surface area contributed by atoms with Crippen LogP contribution in [0.3, 0.4) is 0 Å². The molecule has 1 aromatic carbocycles. The third kappa shape index (κ3) is 6.21. The lowest BCUT2D eigenvalue weighted by molar-refractivity contribution is -0.125. The molecule has 20 heavy (non-hydrogen) atoms. The molecule has 1 aromatic rings. The van der Waals surface area contributed by atoms with Crippen LogP contribution in [0.5, 0.6) is 5.75 Å². The molecule has 0 aromatic heterocycles. The number of hydrogen-bond donors (Lipinski definition) is 2. The second-order valence-electron chi connectivity index (χ2n) is 4.78. The van der Waals surface area contributed by atoms with Crippen molar-refractivity contribution in [3.05, 3.63) is 30.1 Å². The molecule has 0 aliphatic heterocycles. The van der Waals surface area contributed by atoms with E-state index in [0.717, 1.165) is 0 Å². The fraction of sp³-hybridized carbons (Fsp3) is 0.500. The maximum absolute atomic E-state index is 13.0. The number of hydrogen-bond acceptors (Lipinski definition) is 3. The number of carbonyl (C=O) groups excluding carboxylic acids is 1. The highest BCUT2D eigenvalue weighted by Crippen LogP contribution is 2.13. The highest BCUT2D eigenvalue weighted by molar-refractivity contribution is 5.85. The number of benzene rings is 1. The van der Waals surface area contributed by atoms with E-state index in [1.54, 1.807) is 26.0 Å². The Kier molecular flexibility index (Phi) is 8.18. The van der Waals surface area contributed by atoms with Crippen LogP contribution in [0.1, 0.15) is 20.8 Å². The first kappa shape index (κ1) is 18.7. The molecule has 0 fully saturated rings. The van der Waals surface area contributed by atoms with Crippen molar-refractivity contribution in [3.63, 3.8) is 0 Å². The van der Waals surface area contributed by atoms with Crippen molar-refractivity contribution in [2.45, 2.75) is 32.9 Å². The van der Waals surface area contributed by atoms with Crippen LogP contribution in [0, 0.1) is 11.7 Å². The molecule has 114 valence electrons. The Balaban J connectivity index is 0.00000361. The molecule has 0 aliphatic rings. The second kappa shape index (κ2) is 8.76. The summed E-state index contributed by atoms with van der Waals surface area (Å²) in [5, 5.41) is 2.76. The zero-order valence-corrected chi connectivity index (χ0v) is 12.7. The topological polar surface area (TPSA) is 64.4 Å². The highest BCUT2D eigenvalue weighted by atomic mass is 35.5. The molecule has 1 rings (SSSR count). The van der Waals surface area contributed by atoms with Gasteiger partial charge in [0.25, 0.3) is 0 Å². The number of carbonyl (C=O) groups is 1. The smallest absolute Gasteiger partial charge is 0.224 e. The largest absolute Gasteiger partial charge is 0.489 e. The van der Waals surface area contributed by atoms with E-state index < -0.39 is 0 Å². The van der Waals surface area contributed by atoms with Gasteiger partial charge in [0.1, 0.15) is 17.7 Å². The van der Waals surface area contributed by atoms with Gasteiger partial charge in [-0.2, -0.15) is 0 Å². The van der Waals surface area contributed by atoms with Gasteiger partial charge in [0, 0.05) is 18.0 Å². The van der Waals surface area contributed by atoms with Gasteiger partial charge < -0.3 is 15.8 Å². The summed E-state index contributed by atoms with van der Waals surface area (Å²) in [6, 6.07) is 5.71. The first-order valence-electron chi connectivity index (χ1n) is 6.35. The first-order chi connectivity index (χ1) is 8.90. The molecule has 0 aliphatic carbocycles. The van der Waals surface area contributed by atoms with E-state index in [4.69, 9.17) is 10.5 Å². The summed E-state index contributed by atoms with van der Waals surface area (Å²) >= 11 is 0. The van der Waals surface area contributed by atoms with Crippen molar-refractivity contribution in [1.82, 2.24) is 5.32 Å². The number of nitrogens with two attached hydrogens (primary N) is 1. The lowest BCUT2D eigenvalue weighted by Gasteiger charge is -2.19. The SMILES string of the molecule is CC(CNC(=O)C(C)C(C)N)Oc1cccc(F)c1.Cl. The van der Waals surface area contributed by atoms with E-state index in [1.165, 1.54) is 12.1 Å². The van der Waals surface area contributed by atoms with Crippen LogP contribution in [0.2, 0.25) is 0 Å². The minimum absolute atomic E-state index is 0. The van der Waals surface area contributed by atoms with Crippen molar-refractivity contribution in [1.29, 1.82) is 0 Å². The Labute approximate surface area is 125 Å². The quantitative estimate of drug-likeness (QED) is 0.846. The monoisotopic (exact) mass is 304 g/mol. The third-order valence-corrected chi connectivity index (χ3v) is 2.90. The average Bonchev–Trinajstić information content (AvgIpc) is 2.34. The Morgan fingerprint density at radius 3 is 2.60 bits per heavy atom. The van der Waals surface area contributed by atoms with Gasteiger partial charge in [0.05, 0.1) is 6.54 Å². The molecule has 4 nitrogen and oxygen atoms in total. The van der Waals surface area contributed by atoms with Crippen molar-refractivity contribution in [2.75, 3.05) is 6.54 Å². The van der Waals surface area contributed by atoms with E-state index in [1.807, 2.05) is 6.92 Å². The summed E-state index contributed by atoms with van der Waals surface area (Å²) in [5.74, 6) is -0.257. The summed E-state index contributed by atoms with van der Waals surface area (Å²) in [6.45, 7) is 5.73. The molecular weight excluding hydrogens is 283 g/mol. The molecule has 0 saturated carbocycles. The summed E-state index contributed by atoms with van der Waals surface area (Å²) in [4.78, 5) is 11.7. The lowest BCUT2D eigenvalue weighted by Crippen LogP contribution is -2.42. The van der Waals surface area contributed by atoms with Gasteiger partial charge in [-0.05, 0) is 26.0 Å². The number of amides is 1. The summed E-state index contributed by atoms with van der Waals surface area (Å²) < 4.78 is 18.5. The third-order valence-electron chi connectivity index (χ3n) is 2.90. The van der Waals surface area contributed by atoms with Gasteiger partial charge in [0.15, 0.2) is 0 Å². The van der Waals surface area contributed by atoms with Crippen LogP contribution in [0.15, 0.2) is 24.3 Å². The predicted octanol–water partition coefficient (Wildman–Crippen LogP) is 2.11. The van der Waals surface area contributed by atoms with E-state index in [2.05, 4.69) is 5.32 Å². The van der Waals surface area contributed by atoms with Crippen LogP contribution in [-0.2, 0) is 4.79 Å². The average molecular weight is 305 g/mol. The van der Waals surface area contributed by atoms with E-state index in [-0.39, 0.29) is 42.2 Å². The molecule has 3 unspecified atom stereocenters. The summed E-state index contributed by atoms with van der Waals surface area (Å²) in [7, 11) is 0. The van der Waals surface area contributed by atoms with Crippen molar-refractivity contribution in [2.24, 2.45) is 11.7 Å². The molecule has 0 radical (unpaired) electrons. The van der Waals surface area contributed by atoms with Gasteiger partial charge >= 0.3 is 0 Å². The first-order valence-corrected chi connectivity index (χ1v) is 6.35. The minimum atomic E-state index is -0.348. The lowest BCUT2D eigenvalue weighted by atomic mass is 10.0. The highest BCUT2D eigenvalue weighted by Gasteiger charge is 2.17. The zero-order chi connectivity index (χ0) is 14.4. The Bertz CT molecular complexity index is 429. The van der Waals surface area contributed by atoms with E-state index in [0.29, 0.717) is 12.3 Å². The van der Waals surface area contributed by atoms with Crippen molar-refractivity contribution < 1.29 is 13.9 Å². The molecule has 1 amide bonds. The fourth-order valence-electron chi connectivity index (χ4n) is 1.46. The Hall–Kier alpha value is -1.33. The fourth-order valence-corrected chi connectivity index (χ4v) is 1.46. The van der Waals surface area contributed by atoms with Crippen LogP contribution in [0.4, 0.5) is 4.39 Å². The standard InChI is InChI=1S/C14H21FN2O2.ClH/c1-9(8-17-14(18)10(2)11(3)16)19-13-6-4-5-12(15)7-13;/h4-7,9-11H,8,16H2,1-3H3,(H,17,18);1H. The Morgan fingerprint density at radius 1 is 1.40 bits per heavy atom. The normalized spacial score (nSPS) is 14.7. The maximum atomic E-state index is 13.0. The Morgan fingerprint density at radius 2 is 2.05 bits per heavy atom. The molecule has 0 saturated heterocycles. The van der Waals surface area contributed by atoms with Gasteiger partial charge in [-0.15, -0.1) is 12.4 Å². The molecular formula is C14H22ClFN2O2. The van der Waals surface area contributed by atoms with Gasteiger partial charge in [0.2, 0.25) is 5.91 Å². The van der Waals surface area contributed by atoms with Crippen molar-refractivity contribution >= 4 is 18.3 Å². The molecule has 3 N–H and O–H groups in total. The predicted molar refractivity (Wildman–Crippen MR) is 79.6 cm³/mol. The number of ether oxygens (including phenoxy) is 1. The molecule has 3 atom stereocenters. The van der Waals surface area contributed by atoms with Crippen LogP contribution in [-0.4, -0.2) is 24.6 Å². The number of nitrogens with one attached hydrogen (secondary N) is 1. The van der Waals surface area contributed by atoms with Crippen LogP contribution < -0.4 is 15.8 Å². The van der Waals surface area contributed by atoms with E-state index >= 15 is 0 Å². The number of halogens is 2. The summed E-state index contributed by atoms with van der Waals surface area (Å²) in [5.41, 5.74) is 5.65. The van der Waals surface area contributed by atoms with Gasteiger partial charge in [-0.3, -0.25) is 4.79 Å². The van der Waals surface area contributed by atoms with Crippen LogP contribution >= 0.6 is 12.4 Å². The second-order valence-corrected chi connectivity index (χ2v) is 4.78. The molecule has 0 bridgehead atoms. The number of rotatable bonds is 6. The van der Waals surface area contributed by atoms with E-state index in [9.17, 15) is 9.18 Å². The molecule has 6 heteroatoms. The van der Waals surface area contributed by atoms with Gasteiger partial charge in [-0.25, -0.2) is 4.39 Å².